The molecule has 2 saturated heterocycles. The van der Waals surface area contributed by atoms with Crippen molar-refractivity contribution in [1.82, 2.24) is 10.6 Å². The molecule has 2 rings (SSSR count). The number of esters is 2. The molecule has 6 nitrogen and oxygen atoms in total. The Morgan fingerprint density at radius 2 is 0.935 bits per heavy atom. The molecule has 0 radical (unpaired) electrons. The first-order valence-corrected chi connectivity index (χ1v) is 11.9. The van der Waals surface area contributed by atoms with Crippen molar-refractivity contribution in [3.63, 3.8) is 0 Å². The Hall–Kier alpha value is -1.14. The lowest BCUT2D eigenvalue weighted by molar-refractivity contribution is -0.189. The molecule has 0 spiro atoms. The van der Waals surface area contributed by atoms with Gasteiger partial charge in [0.1, 0.15) is 0 Å². The maximum Gasteiger partial charge on any atom is 0.324 e. The van der Waals surface area contributed by atoms with Gasteiger partial charge in [-0.25, -0.2) is 0 Å². The highest BCUT2D eigenvalue weighted by Crippen LogP contribution is 2.54. The topological polar surface area (TPSA) is 76.7 Å². The summed E-state index contributed by atoms with van der Waals surface area (Å²) in [6.07, 6.45) is 2.83. The van der Waals surface area contributed by atoms with Gasteiger partial charge < -0.3 is 20.1 Å². The average molecular weight is 439 g/mol. The number of rotatable bonds is 6. The number of piperidine rings is 2. The fourth-order valence-corrected chi connectivity index (χ4v) is 6.87. The quantitative estimate of drug-likeness (QED) is 0.478. The molecule has 31 heavy (non-hydrogen) atoms. The summed E-state index contributed by atoms with van der Waals surface area (Å²) in [6.45, 7) is 21.3. The van der Waals surface area contributed by atoms with E-state index in [0.717, 1.165) is 0 Å². The zero-order chi connectivity index (χ0) is 23.9. The number of ether oxygens (including phenoxy) is 2. The van der Waals surface area contributed by atoms with Gasteiger partial charge in [0, 0.05) is 22.2 Å². The first-order valence-electron chi connectivity index (χ1n) is 11.9. The summed E-state index contributed by atoms with van der Waals surface area (Å²) in [5.74, 6) is -1.17. The molecule has 2 fully saturated rings. The number of carbonyl (C=O) groups excluding carboxylic acids is 2. The molecule has 6 heteroatoms. The van der Waals surface area contributed by atoms with Crippen LogP contribution in [-0.4, -0.2) is 47.3 Å². The minimum atomic E-state index is -1.32. The fraction of sp³-hybridized carbons (Fsp3) is 0.920. The lowest BCUT2D eigenvalue weighted by Gasteiger charge is -2.56. The maximum absolute atomic E-state index is 13.9. The van der Waals surface area contributed by atoms with Crippen LogP contribution in [0.3, 0.4) is 0 Å². The first kappa shape index (κ1) is 26.1. The molecule has 2 aliphatic heterocycles. The molecule has 180 valence electrons. The normalized spacial score (nSPS) is 25.6. The Morgan fingerprint density at radius 1 is 0.677 bits per heavy atom. The van der Waals surface area contributed by atoms with Gasteiger partial charge in [-0.1, -0.05) is 0 Å². The molecule has 0 bridgehead atoms. The van der Waals surface area contributed by atoms with Crippen molar-refractivity contribution in [2.24, 2.45) is 17.3 Å². The molecule has 0 amide bonds. The highest BCUT2D eigenvalue weighted by atomic mass is 16.6. The first-order chi connectivity index (χ1) is 14.0. The third-order valence-corrected chi connectivity index (χ3v) is 6.89. The highest BCUT2D eigenvalue weighted by molar-refractivity contribution is 6.01. The minimum absolute atomic E-state index is 0.174. The van der Waals surface area contributed by atoms with Crippen molar-refractivity contribution in [2.45, 2.75) is 117 Å². The summed E-state index contributed by atoms with van der Waals surface area (Å²) >= 11 is 0. The van der Waals surface area contributed by atoms with Crippen molar-refractivity contribution in [3.8, 4) is 0 Å². The molecule has 0 aromatic heterocycles. The van der Waals surface area contributed by atoms with Crippen LogP contribution in [0.4, 0.5) is 0 Å². The molecular formula is C25H46N2O4. The Bertz CT molecular complexity index is 591. The van der Waals surface area contributed by atoms with E-state index in [2.05, 4.69) is 66.0 Å². The highest BCUT2D eigenvalue weighted by Gasteiger charge is 2.64. The van der Waals surface area contributed by atoms with Gasteiger partial charge in [-0.2, -0.15) is 0 Å². The molecule has 0 aromatic carbocycles. The van der Waals surface area contributed by atoms with Crippen LogP contribution in [0.1, 0.15) is 94.9 Å². The van der Waals surface area contributed by atoms with Crippen LogP contribution in [0.25, 0.3) is 0 Å². The van der Waals surface area contributed by atoms with Crippen LogP contribution in [0.5, 0.6) is 0 Å². The van der Waals surface area contributed by atoms with Gasteiger partial charge in [0.05, 0.1) is 13.2 Å². The van der Waals surface area contributed by atoms with E-state index in [0.29, 0.717) is 25.7 Å². The lowest BCUT2D eigenvalue weighted by atomic mass is 9.54. The van der Waals surface area contributed by atoms with Gasteiger partial charge in [-0.05, 0) is 107 Å². The molecule has 2 heterocycles. The molecule has 0 unspecified atom stereocenters. The van der Waals surface area contributed by atoms with Crippen molar-refractivity contribution in [2.75, 3.05) is 13.2 Å². The Balaban J connectivity index is 2.72. The zero-order valence-corrected chi connectivity index (χ0v) is 21.5. The smallest absolute Gasteiger partial charge is 0.324 e. The van der Waals surface area contributed by atoms with Crippen molar-refractivity contribution in [1.29, 1.82) is 0 Å². The zero-order valence-electron chi connectivity index (χ0n) is 21.5. The van der Waals surface area contributed by atoms with E-state index in [4.69, 9.17) is 9.47 Å². The van der Waals surface area contributed by atoms with Gasteiger partial charge in [0.2, 0.25) is 0 Å². The second-order valence-corrected chi connectivity index (χ2v) is 12.3. The third-order valence-electron chi connectivity index (χ3n) is 6.89. The second-order valence-electron chi connectivity index (χ2n) is 12.3. The Labute approximate surface area is 189 Å². The average Bonchev–Trinajstić information content (AvgIpc) is 2.50. The van der Waals surface area contributed by atoms with Gasteiger partial charge in [0.15, 0.2) is 5.41 Å². The SMILES string of the molecule is CCOC(=O)C(C(=O)OCC)(C1CC(C)(C)NC(C)(C)C1)C1CC(C)(C)NC(C)(C)C1. The van der Waals surface area contributed by atoms with Crippen LogP contribution in [0.15, 0.2) is 0 Å². The number of hydrogen-bond donors (Lipinski definition) is 2. The molecule has 0 saturated carbocycles. The minimum Gasteiger partial charge on any atom is -0.465 e. The van der Waals surface area contributed by atoms with Crippen LogP contribution in [-0.2, 0) is 19.1 Å². The standard InChI is InChI=1S/C25H46N2O4/c1-11-30-19(28)25(20(29)31-12-2,17-13-21(3,4)26-22(5,6)14-17)18-15-23(7,8)27-24(9,10)16-18/h17-18,26-27H,11-16H2,1-10H3. The molecule has 0 aliphatic carbocycles. The summed E-state index contributed by atoms with van der Waals surface area (Å²) in [5.41, 5.74) is -2.17. The van der Waals surface area contributed by atoms with Crippen molar-refractivity contribution >= 4 is 11.9 Å². The van der Waals surface area contributed by atoms with E-state index in [-0.39, 0.29) is 47.2 Å². The third kappa shape index (κ3) is 5.62. The molecule has 0 atom stereocenters. The molecular weight excluding hydrogens is 392 g/mol. The number of nitrogens with one attached hydrogen (secondary N) is 2. The molecule has 2 N–H and O–H groups in total. The van der Waals surface area contributed by atoms with Crippen molar-refractivity contribution < 1.29 is 19.1 Å². The van der Waals surface area contributed by atoms with E-state index in [9.17, 15) is 9.59 Å². The van der Waals surface area contributed by atoms with E-state index >= 15 is 0 Å². The van der Waals surface area contributed by atoms with Crippen LogP contribution < -0.4 is 10.6 Å². The van der Waals surface area contributed by atoms with Crippen molar-refractivity contribution in [3.05, 3.63) is 0 Å². The maximum atomic E-state index is 13.9. The summed E-state index contributed by atoms with van der Waals surface area (Å²) in [4.78, 5) is 27.7. The summed E-state index contributed by atoms with van der Waals surface area (Å²) < 4.78 is 11.3. The molecule has 0 aromatic rings. The number of hydrogen-bond acceptors (Lipinski definition) is 6. The summed E-state index contributed by atoms with van der Waals surface area (Å²) in [6, 6.07) is 0. The number of carbonyl (C=O) groups is 2. The predicted molar refractivity (Wildman–Crippen MR) is 124 cm³/mol. The van der Waals surface area contributed by atoms with Gasteiger partial charge in [-0.15, -0.1) is 0 Å². The van der Waals surface area contributed by atoms with E-state index in [1.807, 2.05) is 0 Å². The summed E-state index contributed by atoms with van der Waals surface area (Å²) in [7, 11) is 0. The van der Waals surface area contributed by atoms with Crippen LogP contribution in [0, 0.1) is 17.3 Å². The predicted octanol–water partition coefficient (Wildman–Crippen LogP) is 4.21. The van der Waals surface area contributed by atoms with Crippen LogP contribution in [0.2, 0.25) is 0 Å². The Morgan fingerprint density at radius 3 is 1.16 bits per heavy atom. The largest absolute Gasteiger partial charge is 0.465 e. The van der Waals surface area contributed by atoms with Gasteiger partial charge >= 0.3 is 11.9 Å². The summed E-state index contributed by atoms with van der Waals surface area (Å²) in [5, 5.41) is 7.39. The van der Waals surface area contributed by atoms with Gasteiger partial charge in [0.25, 0.3) is 0 Å². The van der Waals surface area contributed by atoms with E-state index in [1.54, 1.807) is 13.8 Å². The second kappa shape index (κ2) is 8.66. The fourth-order valence-electron chi connectivity index (χ4n) is 6.87. The van der Waals surface area contributed by atoms with Crippen LogP contribution >= 0.6 is 0 Å². The molecule has 2 aliphatic rings. The van der Waals surface area contributed by atoms with E-state index < -0.39 is 17.4 Å². The van der Waals surface area contributed by atoms with E-state index in [1.165, 1.54) is 0 Å². The lowest BCUT2D eigenvalue weighted by Crippen LogP contribution is -2.67. The monoisotopic (exact) mass is 438 g/mol. The Kier molecular flexibility index (Phi) is 7.30. The van der Waals surface area contributed by atoms with Gasteiger partial charge in [-0.3, -0.25) is 9.59 Å².